The molecule has 0 radical (unpaired) electrons. The van der Waals surface area contributed by atoms with Crippen molar-refractivity contribution in [1.82, 2.24) is 5.32 Å². The molecule has 4 N–H and O–H groups in total. The van der Waals surface area contributed by atoms with E-state index < -0.39 is 36.4 Å². The highest BCUT2D eigenvalue weighted by Gasteiger charge is 2.20. The van der Waals surface area contributed by atoms with Crippen LogP contribution in [0.15, 0.2) is 0 Å². The quantitative estimate of drug-likeness (QED) is 0.429. The van der Waals surface area contributed by atoms with Gasteiger partial charge in [-0.25, -0.2) is 4.79 Å². The molecule has 0 spiro atoms. The van der Waals surface area contributed by atoms with Gasteiger partial charge in [0.2, 0.25) is 5.91 Å². The first-order valence-corrected chi connectivity index (χ1v) is 3.77. The van der Waals surface area contributed by atoms with Crippen LogP contribution in [0.3, 0.4) is 0 Å². The number of aliphatic hydroxyl groups excluding tert-OH is 1. The van der Waals surface area contributed by atoms with Crippen molar-refractivity contribution in [3.63, 3.8) is 0 Å². The normalized spacial score (nSPS) is 14.1. The molecule has 0 aromatic rings. The minimum Gasteiger partial charge on any atom is -0.480 e. The van der Waals surface area contributed by atoms with Crippen LogP contribution in [-0.4, -0.2) is 45.3 Å². The lowest BCUT2D eigenvalue weighted by molar-refractivity contribution is -0.149. The summed E-state index contributed by atoms with van der Waals surface area (Å²) < 4.78 is 0. The molecule has 0 aliphatic rings. The molecule has 2 unspecified atom stereocenters. The monoisotopic (exact) mass is 205 g/mol. The molecule has 0 aromatic carbocycles. The van der Waals surface area contributed by atoms with Gasteiger partial charge in [0.05, 0.1) is 6.42 Å². The first-order valence-electron chi connectivity index (χ1n) is 3.77. The van der Waals surface area contributed by atoms with Gasteiger partial charge in [0, 0.05) is 0 Å². The number of carbonyl (C=O) groups excluding carboxylic acids is 1. The number of aliphatic carboxylic acids is 2. The summed E-state index contributed by atoms with van der Waals surface area (Å²) in [5.41, 5.74) is 0. The summed E-state index contributed by atoms with van der Waals surface area (Å²) in [6, 6.07) is -1.11. The predicted octanol–water partition coefficient (Wildman–Crippen LogP) is -1.59. The van der Waals surface area contributed by atoms with Crippen LogP contribution in [-0.2, 0) is 14.4 Å². The molecule has 0 rings (SSSR count). The Morgan fingerprint density at radius 2 is 1.71 bits per heavy atom. The zero-order valence-corrected chi connectivity index (χ0v) is 7.43. The molecule has 0 saturated heterocycles. The summed E-state index contributed by atoms with van der Waals surface area (Å²) in [6.45, 7) is 1.23. The standard InChI is InChI=1S/C7H11NO6/c1-3(6(11)12)8-5(10)2-4(9)7(13)14/h3-4,9H,2H2,1H3,(H,8,10)(H,11,12)(H,13,14). The summed E-state index contributed by atoms with van der Waals surface area (Å²) in [6.07, 6.45) is -2.47. The van der Waals surface area contributed by atoms with Crippen LogP contribution < -0.4 is 5.32 Å². The van der Waals surface area contributed by atoms with E-state index in [2.05, 4.69) is 0 Å². The first kappa shape index (κ1) is 12.4. The van der Waals surface area contributed by atoms with E-state index in [0.29, 0.717) is 0 Å². The average molecular weight is 205 g/mol. The average Bonchev–Trinajstić information content (AvgIpc) is 2.03. The number of aliphatic hydroxyl groups is 1. The third-order valence-corrected chi connectivity index (χ3v) is 1.41. The Hall–Kier alpha value is -1.63. The van der Waals surface area contributed by atoms with E-state index in [1.165, 1.54) is 6.92 Å². The largest absolute Gasteiger partial charge is 0.480 e. The molecule has 7 heteroatoms. The smallest absolute Gasteiger partial charge is 0.333 e. The Kier molecular flexibility index (Phi) is 4.57. The molecular formula is C7H11NO6. The third-order valence-electron chi connectivity index (χ3n) is 1.41. The fraction of sp³-hybridized carbons (Fsp3) is 0.571. The fourth-order valence-corrected chi connectivity index (χ4v) is 0.625. The van der Waals surface area contributed by atoms with Crippen molar-refractivity contribution in [2.75, 3.05) is 0 Å². The maximum Gasteiger partial charge on any atom is 0.333 e. The zero-order valence-electron chi connectivity index (χ0n) is 7.43. The van der Waals surface area contributed by atoms with Gasteiger partial charge in [-0.2, -0.15) is 0 Å². The van der Waals surface area contributed by atoms with Gasteiger partial charge in [-0.3, -0.25) is 9.59 Å². The van der Waals surface area contributed by atoms with Gasteiger partial charge in [-0.15, -0.1) is 0 Å². The minimum atomic E-state index is -1.81. The van der Waals surface area contributed by atoms with Crippen LogP contribution in [0, 0.1) is 0 Å². The van der Waals surface area contributed by atoms with Crippen LogP contribution in [0.5, 0.6) is 0 Å². The zero-order chi connectivity index (χ0) is 11.3. The molecule has 0 saturated carbocycles. The van der Waals surface area contributed by atoms with Crippen LogP contribution in [0.25, 0.3) is 0 Å². The third kappa shape index (κ3) is 4.41. The molecular weight excluding hydrogens is 194 g/mol. The first-order chi connectivity index (χ1) is 6.34. The van der Waals surface area contributed by atoms with E-state index in [0.717, 1.165) is 0 Å². The summed E-state index contributed by atoms with van der Waals surface area (Å²) in [5.74, 6) is -3.58. The highest BCUT2D eigenvalue weighted by molar-refractivity contribution is 5.86. The molecule has 1 amide bonds. The summed E-state index contributed by atoms with van der Waals surface area (Å²) in [5, 5.41) is 27.4. The van der Waals surface area contributed by atoms with Crippen molar-refractivity contribution >= 4 is 17.8 Å². The lowest BCUT2D eigenvalue weighted by Gasteiger charge is -2.10. The Morgan fingerprint density at radius 1 is 1.21 bits per heavy atom. The number of amides is 1. The van der Waals surface area contributed by atoms with Crippen molar-refractivity contribution in [2.24, 2.45) is 0 Å². The van der Waals surface area contributed by atoms with Gasteiger partial charge < -0.3 is 20.6 Å². The number of hydrogen-bond acceptors (Lipinski definition) is 4. The maximum atomic E-state index is 10.9. The Labute approximate surface area is 79.3 Å². The lowest BCUT2D eigenvalue weighted by Crippen LogP contribution is -2.40. The molecule has 80 valence electrons. The van der Waals surface area contributed by atoms with Gasteiger partial charge in [-0.05, 0) is 6.92 Å². The van der Waals surface area contributed by atoms with E-state index in [4.69, 9.17) is 15.3 Å². The number of rotatable bonds is 5. The van der Waals surface area contributed by atoms with Crippen molar-refractivity contribution < 1.29 is 29.7 Å². The number of nitrogens with one attached hydrogen (secondary N) is 1. The fourth-order valence-electron chi connectivity index (χ4n) is 0.625. The number of hydrogen-bond donors (Lipinski definition) is 4. The predicted molar refractivity (Wildman–Crippen MR) is 43.5 cm³/mol. The number of carbonyl (C=O) groups is 3. The molecule has 14 heavy (non-hydrogen) atoms. The van der Waals surface area contributed by atoms with Crippen molar-refractivity contribution in [2.45, 2.75) is 25.5 Å². The topological polar surface area (TPSA) is 124 Å². The van der Waals surface area contributed by atoms with Crippen molar-refractivity contribution in [3.05, 3.63) is 0 Å². The van der Waals surface area contributed by atoms with Gasteiger partial charge >= 0.3 is 11.9 Å². The maximum absolute atomic E-state index is 10.9. The Balaban J connectivity index is 3.99. The van der Waals surface area contributed by atoms with E-state index in [9.17, 15) is 14.4 Å². The molecule has 2 atom stereocenters. The van der Waals surface area contributed by atoms with Crippen molar-refractivity contribution in [3.8, 4) is 0 Å². The molecule has 7 nitrogen and oxygen atoms in total. The van der Waals surface area contributed by atoms with Crippen LogP contribution >= 0.6 is 0 Å². The number of carboxylic acid groups (broad SMARTS) is 2. The van der Waals surface area contributed by atoms with Gasteiger partial charge in [0.25, 0.3) is 0 Å². The van der Waals surface area contributed by atoms with Gasteiger partial charge in [0.1, 0.15) is 6.04 Å². The molecule has 0 bridgehead atoms. The van der Waals surface area contributed by atoms with Gasteiger partial charge in [-0.1, -0.05) is 0 Å². The second-order valence-corrected chi connectivity index (χ2v) is 2.69. The Bertz CT molecular complexity index is 227. The van der Waals surface area contributed by atoms with Crippen LogP contribution in [0.2, 0.25) is 0 Å². The van der Waals surface area contributed by atoms with Crippen LogP contribution in [0.4, 0.5) is 0 Å². The number of carboxylic acids is 2. The highest BCUT2D eigenvalue weighted by Crippen LogP contribution is 1.92. The molecule has 0 aromatic heterocycles. The molecule has 0 aliphatic heterocycles. The minimum absolute atomic E-state index is 0.660. The summed E-state index contributed by atoms with van der Waals surface area (Å²) in [4.78, 5) is 31.2. The Morgan fingerprint density at radius 3 is 2.07 bits per heavy atom. The van der Waals surface area contributed by atoms with Crippen molar-refractivity contribution in [1.29, 1.82) is 0 Å². The van der Waals surface area contributed by atoms with E-state index in [1.807, 2.05) is 5.32 Å². The van der Waals surface area contributed by atoms with E-state index >= 15 is 0 Å². The molecule has 0 heterocycles. The SMILES string of the molecule is CC(NC(=O)CC(O)C(=O)O)C(=O)O. The van der Waals surface area contributed by atoms with Gasteiger partial charge in [0.15, 0.2) is 6.10 Å². The van der Waals surface area contributed by atoms with E-state index in [-0.39, 0.29) is 0 Å². The van der Waals surface area contributed by atoms with Crippen LogP contribution in [0.1, 0.15) is 13.3 Å². The molecule has 0 aliphatic carbocycles. The lowest BCUT2D eigenvalue weighted by atomic mass is 10.2. The second kappa shape index (κ2) is 5.18. The highest BCUT2D eigenvalue weighted by atomic mass is 16.4. The summed E-state index contributed by atoms with van der Waals surface area (Å²) >= 11 is 0. The second-order valence-electron chi connectivity index (χ2n) is 2.69. The van der Waals surface area contributed by atoms with E-state index in [1.54, 1.807) is 0 Å². The summed E-state index contributed by atoms with van der Waals surface area (Å²) in [7, 11) is 0. The molecule has 0 fully saturated rings.